The zero-order valence-electron chi connectivity index (χ0n) is 17.7. The Morgan fingerprint density at radius 1 is 1.11 bits per heavy atom. The first-order valence-corrected chi connectivity index (χ1v) is 10.8. The van der Waals surface area contributed by atoms with E-state index < -0.39 is 0 Å². The normalized spacial score (nSPS) is 21.4. The van der Waals surface area contributed by atoms with Gasteiger partial charge in [-0.1, -0.05) is 24.4 Å². The first-order valence-electron chi connectivity index (χ1n) is 10.8. The minimum atomic E-state index is 0.337. The summed E-state index contributed by atoms with van der Waals surface area (Å²) in [4.78, 5) is 14.2. The molecule has 0 spiro atoms. The molecular weight excluding hydrogens is 350 g/mol. The Hall–Kier alpha value is -1.95. The molecule has 2 fully saturated rings. The molecule has 3 heterocycles. The molecule has 1 aliphatic heterocycles. The highest BCUT2D eigenvalue weighted by atomic mass is 16.5. The van der Waals surface area contributed by atoms with Crippen LogP contribution in [0.5, 0.6) is 0 Å². The van der Waals surface area contributed by atoms with Crippen LogP contribution in [-0.2, 0) is 0 Å². The fourth-order valence-corrected chi connectivity index (χ4v) is 4.75. The molecule has 6 heteroatoms. The molecule has 2 aliphatic rings. The van der Waals surface area contributed by atoms with Crippen molar-refractivity contribution in [3.8, 4) is 11.3 Å². The van der Waals surface area contributed by atoms with Crippen molar-refractivity contribution in [3.05, 3.63) is 23.1 Å². The number of likely N-dealkylation sites (tertiary alicyclic amines) is 1. The molecule has 0 radical (unpaired) electrons. The Morgan fingerprint density at radius 2 is 1.89 bits per heavy atom. The third-order valence-corrected chi connectivity index (χ3v) is 6.50. The van der Waals surface area contributed by atoms with E-state index in [1.54, 1.807) is 0 Å². The van der Waals surface area contributed by atoms with E-state index in [-0.39, 0.29) is 0 Å². The molecule has 2 aromatic heterocycles. The van der Waals surface area contributed by atoms with E-state index in [9.17, 15) is 0 Å². The van der Waals surface area contributed by atoms with Crippen molar-refractivity contribution in [2.24, 2.45) is 5.92 Å². The molecule has 2 aromatic rings. The first kappa shape index (κ1) is 19.4. The monoisotopic (exact) mass is 383 g/mol. The number of nitrogens with zero attached hydrogens (tertiary/aromatic N) is 5. The lowest BCUT2D eigenvalue weighted by Crippen LogP contribution is -2.31. The topological polar surface area (TPSA) is 58.3 Å². The summed E-state index contributed by atoms with van der Waals surface area (Å²) in [7, 11) is 3.99. The molecule has 0 amide bonds. The van der Waals surface area contributed by atoms with Gasteiger partial charge in [-0.3, -0.25) is 4.90 Å². The lowest BCUT2D eigenvalue weighted by atomic mass is 9.88. The zero-order chi connectivity index (χ0) is 19.7. The minimum absolute atomic E-state index is 0.337. The summed E-state index contributed by atoms with van der Waals surface area (Å²) in [5.41, 5.74) is 4.12. The maximum atomic E-state index is 5.70. The fourth-order valence-electron chi connectivity index (χ4n) is 4.75. The van der Waals surface area contributed by atoms with Crippen molar-refractivity contribution in [2.45, 2.75) is 64.8 Å². The summed E-state index contributed by atoms with van der Waals surface area (Å²) in [6, 6.07) is 0.337. The van der Waals surface area contributed by atoms with Crippen molar-refractivity contribution >= 4 is 5.95 Å². The lowest BCUT2D eigenvalue weighted by molar-refractivity contribution is 0.186. The van der Waals surface area contributed by atoms with E-state index >= 15 is 0 Å². The van der Waals surface area contributed by atoms with Gasteiger partial charge >= 0.3 is 0 Å². The van der Waals surface area contributed by atoms with Crippen LogP contribution in [0.2, 0.25) is 0 Å². The molecule has 6 nitrogen and oxygen atoms in total. The van der Waals surface area contributed by atoms with E-state index in [1.165, 1.54) is 45.1 Å². The smallest absolute Gasteiger partial charge is 0.225 e. The molecule has 0 aromatic carbocycles. The third-order valence-electron chi connectivity index (χ3n) is 6.50. The number of hydrogen-bond acceptors (Lipinski definition) is 6. The average Bonchev–Trinajstić information content (AvgIpc) is 3.29. The van der Waals surface area contributed by atoms with Gasteiger partial charge in [-0.2, -0.15) is 0 Å². The maximum absolute atomic E-state index is 5.70. The number of hydrogen-bond donors (Lipinski definition) is 0. The molecule has 4 rings (SSSR count). The van der Waals surface area contributed by atoms with Crippen molar-refractivity contribution < 1.29 is 4.52 Å². The Bertz CT molecular complexity index is 809. The van der Waals surface area contributed by atoms with Gasteiger partial charge in [0.25, 0.3) is 0 Å². The highest BCUT2D eigenvalue weighted by molar-refractivity contribution is 5.65. The molecule has 152 valence electrons. The Kier molecular flexibility index (Phi) is 5.67. The van der Waals surface area contributed by atoms with Gasteiger partial charge < -0.3 is 9.42 Å². The van der Waals surface area contributed by atoms with Gasteiger partial charge in [0.1, 0.15) is 0 Å². The van der Waals surface area contributed by atoms with Crippen molar-refractivity contribution in [1.29, 1.82) is 0 Å². The summed E-state index contributed by atoms with van der Waals surface area (Å²) in [5, 5.41) is 4.18. The van der Waals surface area contributed by atoms with Crippen LogP contribution in [0.15, 0.2) is 10.7 Å². The third kappa shape index (κ3) is 3.79. The zero-order valence-corrected chi connectivity index (χ0v) is 17.7. The molecule has 1 aliphatic carbocycles. The predicted molar refractivity (Wildman–Crippen MR) is 111 cm³/mol. The van der Waals surface area contributed by atoms with Crippen LogP contribution in [0.4, 0.5) is 5.95 Å². The molecule has 0 bridgehead atoms. The summed E-state index contributed by atoms with van der Waals surface area (Å²) in [6.45, 7) is 6.41. The van der Waals surface area contributed by atoms with Crippen LogP contribution in [0.25, 0.3) is 11.3 Å². The molecule has 0 unspecified atom stereocenters. The molecule has 1 saturated carbocycles. The second-order valence-corrected chi connectivity index (χ2v) is 8.74. The highest BCUT2D eigenvalue weighted by Gasteiger charge is 2.33. The van der Waals surface area contributed by atoms with E-state index in [1.807, 2.05) is 32.1 Å². The van der Waals surface area contributed by atoms with Crippen LogP contribution < -0.4 is 4.90 Å². The van der Waals surface area contributed by atoms with Gasteiger partial charge in [0.2, 0.25) is 5.95 Å². The summed E-state index contributed by atoms with van der Waals surface area (Å²) in [6.07, 6.45) is 11.3. The van der Waals surface area contributed by atoms with E-state index in [0.29, 0.717) is 6.04 Å². The number of anilines is 1. The fraction of sp³-hybridized carbons (Fsp3) is 0.682. The second kappa shape index (κ2) is 8.19. The van der Waals surface area contributed by atoms with Crippen LogP contribution >= 0.6 is 0 Å². The van der Waals surface area contributed by atoms with Crippen molar-refractivity contribution in [2.75, 3.05) is 32.1 Å². The Morgan fingerprint density at radius 3 is 2.57 bits per heavy atom. The molecule has 1 saturated heterocycles. The maximum Gasteiger partial charge on any atom is 0.225 e. The SMILES string of the molecule is Cc1noc(-c2cnc(N(C)C)nc2[C@@H]2CCCN2CC2CCCCC2)c1C. The van der Waals surface area contributed by atoms with Gasteiger partial charge in [-0.25, -0.2) is 9.97 Å². The van der Waals surface area contributed by atoms with Gasteiger partial charge in [-0.05, 0) is 52.0 Å². The molecular formula is C22H33N5O. The largest absolute Gasteiger partial charge is 0.356 e. The van der Waals surface area contributed by atoms with E-state index in [4.69, 9.17) is 9.51 Å². The second-order valence-electron chi connectivity index (χ2n) is 8.74. The van der Waals surface area contributed by atoms with Gasteiger partial charge in [0.05, 0.1) is 23.0 Å². The Labute approximate surface area is 168 Å². The van der Waals surface area contributed by atoms with Gasteiger partial charge in [0.15, 0.2) is 5.76 Å². The standard InChI is InChI=1S/C22H33N5O/c1-15-16(2)25-28-21(15)18-13-23-22(26(3)4)24-20(18)19-11-8-12-27(19)14-17-9-6-5-7-10-17/h13,17,19H,5-12,14H2,1-4H3/t19-/m0/s1. The minimum Gasteiger partial charge on any atom is -0.356 e. The highest BCUT2D eigenvalue weighted by Crippen LogP contribution is 2.39. The number of aryl methyl sites for hydroxylation is 1. The van der Waals surface area contributed by atoms with Crippen molar-refractivity contribution in [3.63, 3.8) is 0 Å². The van der Waals surface area contributed by atoms with Gasteiger partial charge in [0, 0.05) is 32.4 Å². The molecule has 1 atom stereocenters. The van der Waals surface area contributed by atoms with Crippen molar-refractivity contribution in [1.82, 2.24) is 20.0 Å². The van der Waals surface area contributed by atoms with Crippen LogP contribution in [0.1, 0.15) is 67.9 Å². The Balaban J connectivity index is 1.69. The predicted octanol–water partition coefficient (Wildman–Crippen LogP) is 4.53. The molecule has 28 heavy (non-hydrogen) atoms. The van der Waals surface area contributed by atoms with Gasteiger partial charge in [-0.15, -0.1) is 0 Å². The van der Waals surface area contributed by atoms with E-state index in [0.717, 1.165) is 53.1 Å². The van der Waals surface area contributed by atoms with E-state index in [2.05, 4.69) is 22.0 Å². The quantitative estimate of drug-likeness (QED) is 0.756. The van der Waals surface area contributed by atoms with Crippen LogP contribution in [0, 0.1) is 19.8 Å². The summed E-state index contributed by atoms with van der Waals surface area (Å²) < 4.78 is 5.70. The van der Waals surface area contributed by atoms with Crippen LogP contribution in [0.3, 0.4) is 0 Å². The number of rotatable bonds is 5. The lowest BCUT2D eigenvalue weighted by Gasteiger charge is -2.31. The number of aromatic nitrogens is 3. The molecule has 0 N–H and O–H groups in total. The van der Waals surface area contributed by atoms with Crippen LogP contribution in [-0.4, -0.2) is 47.2 Å². The summed E-state index contributed by atoms with van der Waals surface area (Å²) >= 11 is 0. The first-order chi connectivity index (χ1) is 13.5. The summed E-state index contributed by atoms with van der Waals surface area (Å²) in [5.74, 6) is 2.42. The average molecular weight is 384 g/mol.